The van der Waals surface area contributed by atoms with Crippen LogP contribution in [0.25, 0.3) is 0 Å². The fourth-order valence-corrected chi connectivity index (χ4v) is 3.59. The van der Waals surface area contributed by atoms with Crippen molar-refractivity contribution in [3.63, 3.8) is 0 Å². The summed E-state index contributed by atoms with van der Waals surface area (Å²) >= 11 is 0. The normalized spacial score (nSPS) is 27.8. The van der Waals surface area contributed by atoms with Gasteiger partial charge >= 0.3 is 0 Å². The Labute approximate surface area is 129 Å². The van der Waals surface area contributed by atoms with E-state index < -0.39 is 6.10 Å². The third-order valence-corrected chi connectivity index (χ3v) is 4.99. The Balaban J connectivity index is 1.88. The number of rotatable bonds is 6. The Morgan fingerprint density at radius 1 is 1.33 bits per heavy atom. The van der Waals surface area contributed by atoms with E-state index in [0.717, 1.165) is 18.0 Å². The van der Waals surface area contributed by atoms with Crippen LogP contribution in [0.15, 0.2) is 30.3 Å². The predicted octanol–water partition coefficient (Wildman–Crippen LogP) is 2.82. The molecule has 21 heavy (non-hydrogen) atoms. The van der Waals surface area contributed by atoms with E-state index in [2.05, 4.69) is 31.2 Å². The highest BCUT2D eigenvalue weighted by Crippen LogP contribution is 2.35. The summed E-state index contributed by atoms with van der Waals surface area (Å²) in [6, 6.07) is 9.90. The number of nitrogens with one attached hydrogen (secondary N) is 1. The van der Waals surface area contributed by atoms with Crippen LogP contribution in [0, 0.1) is 5.92 Å². The van der Waals surface area contributed by atoms with Gasteiger partial charge in [0.05, 0.1) is 6.10 Å². The lowest BCUT2D eigenvalue weighted by Crippen LogP contribution is -2.54. The Bertz CT molecular complexity index is 420. The molecule has 1 aliphatic rings. The van der Waals surface area contributed by atoms with Crippen molar-refractivity contribution >= 4 is 0 Å². The minimum absolute atomic E-state index is 0.244. The Kier molecular flexibility index (Phi) is 5.80. The van der Waals surface area contributed by atoms with Crippen LogP contribution in [0.5, 0.6) is 0 Å². The maximum absolute atomic E-state index is 10.2. The molecule has 118 valence electrons. The van der Waals surface area contributed by atoms with Gasteiger partial charge in [-0.3, -0.25) is 0 Å². The summed E-state index contributed by atoms with van der Waals surface area (Å²) in [6.07, 6.45) is 4.73. The van der Waals surface area contributed by atoms with Crippen molar-refractivity contribution in [1.29, 1.82) is 0 Å². The van der Waals surface area contributed by atoms with Gasteiger partial charge in [-0.15, -0.1) is 0 Å². The molecule has 0 amide bonds. The molecule has 2 rings (SSSR count). The zero-order valence-corrected chi connectivity index (χ0v) is 13.7. The third-order valence-electron chi connectivity index (χ3n) is 4.99. The first kappa shape index (κ1) is 16.5. The van der Waals surface area contributed by atoms with Gasteiger partial charge in [-0.2, -0.15) is 0 Å². The third kappa shape index (κ3) is 4.29. The van der Waals surface area contributed by atoms with Gasteiger partial charge in [0.2, 0.25) is 0 Å². The number of nitrogens with zero attached hydrogens (tertiary/aromatic N) is 1. The fraction of sp³-hybridized carbons (Fsp3) is 0.667. The molecule has 1 fully saturated rings. The number of aliphatic hydroxyl groups is 1. The van der Waals surface area contributed by atoms with Crippen molar-refractivity contribution in [2.75, 3.05) is 27.2 Å². The molecular formula is C18H30N2O. The van der Waals surface area contributed by atoms with Gasteiger partial charge in [0, 0.05) is 18.6 Å². The van der Waals surface area contributed by atoms with E-state index in [0.29, 0.717) is 6.54 Å². The van der Waals surface area contributed by atoms with Crippen LogP contribution in [0.2, 0.25) is 0 Å². The van der Waals surface area contributed by atoms with Crippen LogP contribution in [-0.2, 0) is 0 Å². The zero-order chi connectivity index (χ0) is 15.3. The Morgan fingerprint density at radius 2 is 2.05 bits per heavy atom. The van der Waals surface area contributed by atoms with Crippen molar-refractivity contribution in [1.82, 2.24) is 10.2 Å². The Morgan fingerprint density at radius 3 is 2.67 bits per heavy atom. The van der Waals surface area contributed by atoms with E-state index in [-0.39, 0.29) is 5.54 Å². The summed E-state index contributed by atoms with van der Waals surface area (Å²) in [6.45, 7) is 3.93. The number of hydrogen-bond donors (Lipinski definition) is 2. The first-order valence-electron chi connectivity index (χ1n) is 8.15. The van der Waals surface area contributed by atoms with Crippen molar-refractivity contribution < 1.29 is 5.11 Å². The quantitative estimate of drug-likeness (QED) is 0.845. The van der Waals surface area contributed by atoms with Crippen LogP contribution in [-0.4, -0.2) is 42.7 Å². The number of benzene rings is 1. The van der Waals surface area contributed by atoms with Gasteiger partial charge in [0.15, 0.2) is 0 Å². The van der Waals surface area contributed by atoms with E-state index in [9.17, 15) is 5.11 Å². The smallest absolute Gasteiger partial charge is 0.0914 e. The molecule has 0 saturated heterocycles. The molecule has 1 saturated carbocycles. The maximum Gasteiger partial charge on any atom is 0.0914 e. The summed E-state index contributed by atoms with van der Waals surface area (Å²) in [5.41, 5.74) is 1.23. The van der Waals surface area contributed by atoms with Gasteiger partial charge in [0.25, 0.3) is 0 Å². The molecule has 3 nitrogen and oxygen atoms in total. The molecule has 0 aliphatic heterocycles. The van der Waals surface area contributed by atoms with Crippen molar-refractivity contribution in [2.45, 2.75) is 44.2 Å². The molecular weight excluding hydrogens is 260 g/mol. The van der Waals surface area contributed by atoms with E-state index in [1.165, 1.54) is 25.7 Å². The van der Waals surface area contributed by atoms with Crippen LogP contribution in [0.3, 0.4) is 0 Å². The zero-order valence-electron chi connectivity index (χ0n) is 13.7. The van der Waals surface area contributed by atoms with E-state index >= 15 is 0 Å². The molecule has 0 heterocycles. The fourth-order valence-electron chi connectivity index (χ4n) is 3.59. The van der Waals surface area contributed by atoms with Gasteiger partial charge in [-0.1, -0.05) is 50.1 Å². The summed E-state index contributed by atoms with van der Waals surface area (Å²) in [5, 5.41) is 13.8. The number of aliphatic hydroxyl groups excluding tert-OH is 1. The second kappa shape index (κ2) is 7.39. The van der Waals surface area contributed by atoms with Crippen molar-refractivity contribution in [3.05, 3.63) is 35.9 Å². The van der Waals surface area contributed by atoms with Gasteiger partial charge in [0.1, 0.15) is 0 Å². The van der Waals surface area contributed by atoms with Crippen molar-refractivity contribution in [3.8, 4) is 0 Å². The van der Waals surface area contributed by atoms with Gasteiger partial charge < -0.3 is 15.3 Å². The van der Waals surface area contributed by atoms with E-state index in [1.54, 1.807) is 0 Å². The summed E-state index contributed by atoms with van der Waals surface area (Å²) in [4.78, 5) is 2.38. The molecule has 0 spiro atoms. The molecule has 2 N–H and O–H groups in total. The van der Waals surface area contributed by atoms with Gasteiger partial charge in [-0.05, 0) is 38.4 Å². The lowest BCUT2D eigenvalue weighted by molar-refractivity contribution is 0.0701. The average molecular weight is 290 g/mol. The van der Waals surface area contributed by atoms with E-state index in [1.807, 2.05) is 30.3 Å². The first-order valence-corrected chi connectivity index (χ1v) is 8.15. The SMILES string of the molecule is CC1CCCC(CNCC(O)c2ccccc2)(N(C)C)C1. The lowest BCUT2D eigenvalue weighted by Gasteiger charge is -2.45. The molecule has 1 aromatic rings. The molecule has 1 aromatic carbocycles. The topological polar surface area (TPSA) is 35.5 Å². The predicted molar refractivity (Wildman–Crippen MR) is 88.3 cm³/mol. The molecule has 3 heteroatoms. The van der Waals surface area contributed by atoms with Gasteiger partial charge in [-0.25, -0.2) is 0 Å². The standard InChI is InChI=1S/C18H30N2O/c1-15-8-7-11-18(12-15,20(2)3)14-19-13-17(21)16-9-5-4-6-10-16/h4-6,9-10,15,17,19,21H,7-8,11-14H2,1-3H3. The number of likely N-dealkylation sites (N-methyl/N-ethyl adjacent to an activating group) is 1. The average Bonchev–Trinajstić information content (AvgIpc) is 2.48. The first-order chi connectivity index (χ1) is 10.0. The van der Waals surface area contributed by atoms with Crippen LogP contribution < -0.4 is 5.32 Å². The monoisotopic (exact) mass is 290 g/mol. The molecule has 3 atom stereocenters. The minimum atomic E-state index is -0.425. The second-order valence-electron chi connectivity index (χ2n) is 6.88. The highest BCUT2D eigenvalue weighted by atomic mass is 16.3. The molecule has 0 bridgehead atoms. The highest BCUT2D eigenvalue weighted by Gasteiger charge is 2.36. The summed E-state index contributed by atoms with van der Waals surface area (Å²) in [7, 11) is 4.38. The van der Waals surface area contributed by atoms with Crippen LogP contribution >= 0.6 is 0 Å². The minimum Gasteiger partial charge on any atom is -0.387 e. The van der Waals surface area contributed by atoms with Crippen LogP contribution in [0.4, 0.5) is 0 Å². The number of hydrogen-bond acceptors (Lipinski definition) is 3. The van der Waals surface area contributed by atoms with Crippen LogP contribution in [0.1, 0.15) is 44.3 Å². The summed E-state index contributed by atoms with van der Waals surface area (Å²) < 4.78 is 0. The molecule has 3 unspecified atom stereocenters. The summed E-state index contributed by atoms with van der Waals surface area (Å²) in [5.74, 6) is 0.794. The largest absolute Gasteiger partial charge is 0.387 e. The van der Waals surface area contributed by atoms with E-state index in [4.69, 9.17) is 0 Å². The lowest BCUT2D eigenvalue weighted by atomic mass is 9.75. The maximum atomic E-state index is 10.2. The van der Waals surface area contributed by atoms with Crippen molar-refractivity contribution in [2.24, 2.45) is 5.92 Å². The second-order valence-corrected chi connectivity index (χ2v) is 6.88. The Hall–Kier alpha value is -0.900. The highest BCUT2D eigenvalue weighted by molar-refractivity contribution is 5.17. The molecule has 1 aliphatic carbocycles. The molecule has 0 radical (unpaired) electrons. The molecule has 0 aromatic heterocycles.